The van der Waals surface area contributed by atoms with Gasteiger partial charge in [-0.25, -0.2) is 4.98 Å². The summed E-state index contributed by atoms with van der Waals surface area (Å²) >= 11 is 9.37. The van der Waals surface area contributed by atoms with E-state index in [1.807, 2.05) is 31.2 Å². The first kappa shape index (κ1) is 14.2. The molecule has 0 saturated carbocycles. The maximum Gasteiger partial charge on any atom is 0.133 e. The van der Waals surface area contributed by atoms with E-state index in [0.717, 1.165) is 27.0 Å². The van der Waals surface area contributed by atoms with Crippen molar-refractivity contribution < 1.29 is 4.74 Å². The van der Waals surface area contributed by atoms with Crippen molar-refractivity contribution in [3.05, 3.63) is 51.2 Å². The fraction of sp³-hybridized carbons (Fsp3) is 0.214. The highest BCUT2D eigenvalue weighted by Crippen LogP contribution is 2.26. The summed E-state index contributed by atoms with van der Waals surface area (Å²) in [6.07, 6.45) is 1.73. The lowest BCUT2D eigenvalue weighted by Gasteiger charge is -2.09. The molecule has 0 bridgehead atoms. The molecule has 2 rings (SSSR count). The average Bonchev–Trinajstić information content (AvgIpc) is 2.40. The Morgan fingerprint density at radius 1 is 1.37 bits per heavy atom. The summed E-state index contributed by atoms with van der Waals surface area (Å²) < 4.78 is 6.14. The fourth-order valence-corrected chi connectivity index (χ4v) is 2.37. The van der Waals surface area contributed by atoms with E-state index in [4.69, 9.17) is 16.3 Å². The summed E-state index contributed by atoms with van der Waals surface area (Å²) in [4.78, 5) is 4.11. The summed E-state index contributed by atoms with van der Waals surface area (Å²) in [5.74, 6) is 0.827. The highest BCUT2D eigenvalue weighted by Gasteiger charge is 2.02. The molecule has 1 aromatic carbocycles. The average molecular weight is 342 g/mol. The standard InChI is InChI=1S/C14H14BrClN2O/c1-9-5-11(8-18-14(9)16)17-7-10-3-4-13(19-2)12(15)6-10/h3-6,8,17H,7H2,1-2H3. The van der Waals surface area contributed by atoms with Gasteiger partial charge in [0.2, 0.25) is 0 Å². The molecule has 5 heteroatoms. The molecular formula is C14H14BrClN2O. The third-order valence-electron chi connectivity index (χ3n) is 2.73. The predicted molar refractivity (Wildman–Crippen MR) is 82.0 cm³/mol. The van der Waals surface area contributed by atoms with Crippen LogP contribution in [0.1, 0.15) is 11.1 Å². The molecule has 19 heavy (non-hydrogen) atoms. The first-order valence-electron chi connectivity index (χ1n) is 5.78. The third-order valence-corrected chi connectivity index (χ3v) is 3.74. The van der Waals surface area contributed by atoms with Gasteiger partial charge in [0, 0.05) is 6.54 Å². The number of ether oxygens (including phenoxy) is 1. The second-order valence-corrected chi connectivity index (χ2v) is 5.37. The summed E-state index contributed by atoms with van der Waals surface area (Å²) in [6, 6.07) is 7.97. The number of anilines is 1. The van der Waals surface area contributed by atoms with Crippen molar-refractivity contribution in [2.24, 2.45) is 0 Å². The number of nitrogens with zero attached hydrogens (tertiary/aromatic N) is 1. The predicted octanol–water partition coefficient (Wildman–Crippen LogP) is 4.43. The molecule has 0 aliphatic rings. The summed E-state index contributed by atoms with van der Waals surface area (Å²) in [5.41, 5.74) is 3.07. The number of nitrogens with one attached hydrogen (secondary N) is 1. The molecule has 0 aliphatic carbocycles. The van der Waals surface area contributed by atoms with E-state index in [1.165, 1.54) is 0 Å². The van der Waals surface area contributed by atoms with Crippen LogP contribution in [0.2, 0.25) is 5.15 Å². The topological polar surface area (TPSA) is 34.1 Å². The van der Waals surface area contributed by atoms with Crippen molar-refractivity contribution in [3.8, 4) is 5.75 Å². The number of hydrogen-bond acceptors (Lipinski definition) is 3. The number of methoxy groups -OCH3 is 1. The van der Waals surface area contributed by atoms with Crippen LogP contribution in [0.15, 0.2) is 34.9 Å². The molecule has 0 fully saturated rings. The Hall–Kier alpha value is -1.26. The Kier molecular flexibility index (Phi) is 4.66. The van der Waals surface area contributed by atoms with E-state index < -0.39 is 0 Å². The minimum Gasteiger partial charge on any atom is -0.496 e. The number of pyridine rings is 1. The van der Waals surface area contributed by atoms with Crippen molar-refractivity contribution in [2.75, 3.05) is 12.4 Å². The molecule has 3 nitrogen and oxygen atoms in total. The number of halogens is 2. The van der Waals surface area contributed by atoms with Crippen LogP contribution in [0.25, 0.3) is 0 Å². The Morgan fingerprint density at radius 3 is 2.79 bits per heavy atom. The molecule has 1 heterocycles. The van der Waals surface area contributed by atoms with Crippen LogP contribution in [0, 0.1) is 6.92 Å². The fourth-order valence-electron chi connectivity index (χ4n) is 1.68. The van der Waals surface area contributed by atoms with Crippen LogP contribution in [0.3, 0.4) is 0 Å². The maximum absolute atomic E-state index is 5.89. The zero-order valence-electron chi connectivity index (χ0n) is 10.7. The minimum atomic E-state index is 0.540. The van der Waals surface area contributed by atoms with Crippen molar-refractivity contribution in [2.45, 2.75) is 13.5 Å². The van der Waals surface area contributed by atoms with Gasteiger partial charge in [-0.15, -0.1) is 0 Å². The van der Waals surface area contributed by atoms with Crippen molar-refractivity contribution in [1.82, 2.24) is 4.98 Å². The van der Waals surface area contributed by atoms with Crippen molar-refractivity contribution in [1.29, 1.82) is 0 Å². The zero-order valence-corrected chi connectivity index (χ0v) is 13.0. The smallest absolute Gasteiger partial charge is 0.133 e. The lowest BCUT2D eigenvalue weighted by molar-refractivity contribution is 0.412. The van der Waals surface area contributed by atoms with Gasteiger partial charge in [0.15, 0.2) is 0 Å². The monoisotopic (exact) mass is 340 g/mol. The summed E-state index contributed by atoms with van der Waals surface area (Å²) in [7, 11) is 1.65. The molecule has 100 valence electrons. The molecule has 0 saturated heterocycles. The number of hydrogen-bond donors (Lipinski definition) is 1. The number of rotatable bonds is 4. The van der Waals surface area contributed by atoms with Crippen molar-refractivity contribution in [3.63, 3.8) is 0 Å². The molecule has 0 spiro atoms. The van der Waals surface area contributed by atoms with E-state index in [1.54, 1.807) is 13.3 Å². The van der Waals surface area contributed by atoms with Gasteiger partial charge in [0.1, 0.15) is 10.9 Å². The van der Waals surface area contributed by atoms with Crippen LogP contribution in [0.5, 0.6) is 5.75 Å². The first-order valence-corrected chi connectivity index (χ1v) is 6.95. The molecular weight excluding hydrogens is 328 g/mol. The van der Waals surface area contributed by atoms with Gasteiger partial charge in [0.25, 0.3) is 0 Å². The molecule has 0 radical (unpaired) electrons. The first-order chi connectivity index (χ1) is 9.10. The summed E-state index contributed by atoms with van der Waals surface area (Å²) in [5, 5.41) is 3.85. The van der Waals surface area contributed by atoms with E-state index >= 15 is 0 Å². The highest BCUT2D eigenvalue weighted by molar-refractivity contribution is 9.10. The molecule has 0 amide bonds. The van der Waals surface area contributed by atoms with Crippen LogP contribution in [-0.2, 0) is 6.54 Å². The van der Waals surface area contributed by atoms with E-state index in [-0.39, 0.29) is 0 Å². The van der Waals surface area contributed by atoms with Gasteiger partial charge in [0.05, 0.1) is 23.5 Å². The van der Waals surface area contributed by atoms with E-state index in [0.29, 0.717) is 11.7 Å². The summed E-state index contributed by atoms with van der Waals surface area (Å²) in [6.45, 7) is 2.65. The van der Waals surface area contributed by atoms with Crippen LogP contribution >= 0.6 is 27.5 Å². The second kappa shape index (κ2) is 6.26. The Morgan fingerprint density at radius 2 is 2.16 bits per heavy atom. The lowest BCUT2D eigenvalue weighted by atomic mass is 10.2. The molecule has 0 atom stereocenters. The largest absolute Gasteiger partial charge is 0.496 e. The quantitative estimate of drug-likeness (QED) is 0.836. The van der Waals surface area contributed by atoms with Crippen LogP contribution in [0.4, 0.5) is 5.69 Å². The number of aryl methyl sites for hydroxylation is 1. The highest BCUT2D eigenvalue weighted by atomic mass is 79.9. The van der Waals surface area contributed by atoms with Gasteiger partial charge >= 0.3 is 0 Å². The number of aromatic nitrogens is 1. The van der Waals surface area contributed by atoms with E-state index in [9.17, 15) is 0 Å². The Bertz CT molecular complexity index is 590. The normalized spacial score (nSPS) is 10.3. The Labute approximate surface area is 126 Å². The van der Waals surface area contributed by atoms with Gasteiger partial charge in [-0.2, -0.15) is 0 Å². The van der Waals surface area contributed by atoms with Gasteiger partial charge in [-0.3, -0.25) is 0 Å². The zero-order chi connectivity index (χ0) is 13.8. The lowest BCUT2D eigenvalue weighted by Crippen LogP contribution is -2.00. The number of benzene rings is 1. The van der Waals surface area contributed by atoms with Crippen LogP contribution in [-0.4, -0.2) is 12.1 Å². The molecule has 0 aliphatic heterocycles. The molecule has 1 aromatic heterocycles. The van der Waals surface area contributed by atoms with Gasteiger partial charge in [-0.1, -0.05) is 17.7 Å². The van der Waals surface area contributed by atoms with Crippen LogP contribution < -0.4 is 10.1 Å². The Balaban J connectivity index is 2.05. The van der Waals surface area contributed by atoms with Gasteiger partial charge < -0.3 is 10.1 Å². The van der Waals surface area contributed by atoms with Gasteiger partial charge in [-0.05, 0) is 52.2 Å². The third kappa shape index (κ3) is 3.61. The van der Waals surface area contributed by atoms with Crippen molar-refractivity contribution >= 4 is 33.2 Å². The molecule has 2 aromatic rings. The maximum atomic E-state index is 5.89. The minimum absolute atomic E-state index is 0.540. The second-order valence-electron chi connectivity index (χ2n) is 4.15. The molecule has 0 unspecified atom stereocenters. The van der Waals surface area contributed by atoms with E-state index in [2.05, 4.69) is 26.2 Å². The SMILES string of the molecule is COc1ccc(CNc2cnc(Cl)c(C)c2)cc1Br. The molecule has 1 N–H and O–H groups in total.